The summed E-state index contributed by atoms with van der Waals surface area (Å²) >= 11 is 0. The van der Waals surface area contributed by atoms with Crippen molar-refractivity contribution in [1.29, 1.82) is 0 Å². The molecule has 1 aromatic heterocycles. The molecule has 0 bridgehead atoms. The van der Waals surface area contributed by atoms with E-state index in [1.165, 1.54) is 4.90 Å². The summed E-state index contributed by atoms with van der Waals surface area (Å²) in [4.78, 5) is 26.5. The van der Waals surface area contributed by atoms with E-state index in [4.69, 9.17) is 4.42 Å². The molecule has 25 heavy (non-hydrogen) atoms. The maximum absolute atomic E-state index is 12.7. The Hall–Kier alpha value is -3.34. The highest BCUT2D eigenvalue weighted by Gasteiger charge is 2.23. The first-order chi connectivity index (χ1) is 12.2. The molecule has 0 fully saturated rings. The minimum Gasteiger partial charge on any atom is -0.467 e. The molecule has 3 rings (SSSR count). The van der Waals surface area contributed by atoms with E-state index in [2.05, 4.69) is 5.32 Å². The number of nitrogens with one attached hydrogen (secondary N) is 1. The molecule has 0 atom stereocenters. The summed E-state index contributed by atoms with van der Waals surface area (Å²) in [5.41, 5.74) is 1.52. The lowest BCUT2D eigenvalue weighted by Crippen LogP contribution is -2.38. The Bertz CT molecular complexity index is 815. The lowest BCUT2D eigenvalue weighted by atomic mass is 10.2. The molecule has 0 aliphatic carbocycles. The van der Waals surface area contributed by atoms with Gasteiger partial charge in [0.2, 0.25) is 0 Å². The standard InChI is InChI=1S/C20H18N2O3/c23-19(21-17-10-5-2-6-11-17)20(24)22(15-18-12-7-13-25-18)14-16-8-3-1-4-9-16/h1-13H,14-15H2,(H,21,23). The second-order valence-corrected chi connectivity index (χ2v) is 5.55. The number of hydrogen-bond acceptors (Lipinski definition) is 3. The van der Waals surface area contributed by atoms with Crippen LogP contribution in [-0.4, -0.2) is 16.7 Å². The van der Waals surface area contributed by atoms with Crippen molar-refractivity contribution in [2.45, 2.75) is 13.1 Å². The van der Waals surface area contributed by atoms with Crippen LogP contribution in [0.1, 0.15) is 11.3 Å². The smallest absolute Gasteiger partial charge is 0.313 e. The van der Waals surface area contributed by atoms with Gasteiger partial charge in [0.05, 0.1) is 12.8 Å². The van der Waals surface area contributed by atoms with E-state index < -0.39 is 11.8 Å². The Kier molecular flexibility index (Phi) is 5.26. The van der Waals surface area contributed by atoms with Crippen LogP contribution in [0.3, 0.4) is 0 Å². The average molecular weight is 334 g/mol. The molecular formula is C20H18N2O3. The fourth-order valence-corrected chi connectivity index (χ4v) is 2.44. The van der Waals surface area contributed by atoms with Crippen molar-refractivity contribution in [3.05, 3.63) is 90.4 Å². The highest BCUT2D eigenvalue weighted by molar-refractivity contribution is 6.39. The first-order valence-electron chi connectivity index (χ1n) is 7.94. The summed E-state index contributed by atoms with van der Waals surface area (Å²) in [6.07, 6.45) is 1.55. The number of nitrogens with zero attached hydrogens (tertiary/aromatic N) is 1. The van der Waals surface area contributed by atoms with Gasteiger partial charge in [-0.25, -0.2) is 0 Å². The fraction of sp³-hybridized carbons (Fsp3) is 0.100. The van der Waals surface area contributed by atoms with Crippen LogP contribution in [0.15, 0.2) is 83.5 Å². The Labute approximate surface area is 145 Å². The fourth-order valence-electron chi connectivity index (χ4n) is 2.44. The summed E-state index contributed by atoms with van der Waals surface area (Å²) in [5, 5.41) is 2.63. The van der Waals surface area contributed by atoms with Gasteiger partial charge >= 0.3 is 11.8 Å². The van der Waals surface area contributed by atoms with Gasteiger partial charge < -0.3 is 14.6 Å². The van der Waals surface area contributed by atoms with Gasteiger partial charge in [-0.3, -0.25) is 9.59 Å². The third-order valence-electron chi connectivity index (χ3n) is 3.66. The van der Waals surface area contributed by atoms with Crippen LogP contribution < -0.4 is 5.32 Å². The summed E-state index contributed by atoms with van der Waals surface area (Å²) in [7, 11) is 0. The molecule has 3 aromatic rings. The van der Waals surface area contributed by atoms with Crippen molar-refractivity contribution < 1.29 is 14.0 Å². The summed E-state index contributed by atoms with van der Waals surface area (Å²) in [6, 6.07) is 22.0. The Morgan fingerprint density at radius 3 is 2.16 bits per heavy atom. The van der Waals surface area contributed by atoms with Gasteiger partial charge in [0.15, 0.2) is 0 Å². The second kappa shape index (κ2) is 7.97. The van der Waals surface area contributed by atoms with Crippen molar-refractivity contribution in [2.24, 2.45) is 0 Å². The van der Waals surface area contributed by atoms with E-state index in [1.54, 1.807) is 42.7 Å². The molecule has 0 radical (unpaired) electrons. The van der Waals surface area contributed by atoms with E-state index in [-0.39, 0.29) is 6.54 Å². The number of anilines is 1. The van der Waals surface area contributed by atoms with Gasteiger partial charge in [-0.2, -0.15) is 0 Å². The maximum Gasteiger partial charge on any atom is 0.313 e. The number of furan rings is 1. The van der Waals surface area contributed by atoms with Crippen LogP contribution in [0.5, 0.6) is 0 Å². The van der Waals surface area contributed by atoms with Crippen LogP contribution in [0.25, 0.3) is 0 Å². The molecule has 5 nitrogen and oxygen atoms in total. The topological polar surface area (TPSA) is 62.6 Å². The number of amides is 2. The normalized spacial score (nSPS) is 10.2. The molecular weight excluding hydrogens is 316 g/mol. The number of hydrogen-bond donors (Lipinski definition) is 1. The molecule has 2 amide bonds. The zero-order valence-electron chi connectivity index (χ0n) is 13.6. The monoisotopic (exact) mass is 334 g/mol. The maximum atomic E-state index is 12.7. The third-order valence-corrected chi connectivity index (χ3v) is 3.66. The molecule has 2 aromatic carbocycles. The minimum atomic E-state index is -0.673. The molecule has 0 aliphatic rings. The van der Waals surface area contributed by atoms with Crippen LogP contribution in [0.2, 0.25) is 0 Å². The van der Waals surface area contributed by atoms with Crippen molar-refractivity contribution in [1.82, 2.24) is 4.90 Å². The summed E-state index contributed by atoms with van der Waals surface area (Å²) in [6.45, 7) is 0.547. The van der Waals surface area contributed by atoms with E-state index in [9.17, 15) is 9.59 Å². The van der Waals surface area contributed by atoms with Gasteiger partial charge in [-0.15, -0.1) is 0 Å². The summed E-state index contributed by atoms with van der Waals surface area (Å²) < 4.78 is 5.32. The minimum absolute atomic E-state index is 0.225. The number of benzene rings is 2. The van der Waals surface area contributed by atoms with E-state index in [1.807, 2.05) is 36.4 Å². The van der Waals surface area contributed by atoms with E-state index >= 15 is 0 Å². The highest BCUT2D eigenvalue weighted by atomic mass is 16.3. The van der Waals surface area contributed by atoms with Gasteiger partial charge in [-0.05, 0) is 29.8 Å². The lowest BCUT2D eigenvalue weighted by Gasteiger charge is -2.21. The molecule has 1 heterocycles. The number of para-hydroxylation sites is 1. The number of carbonyl (C=O) groups is 2. The Morgan fingerprint density at radius 2 is 1.52 bits per heavy atom. The molecule has 126 valence electrons. The summed E-state index contributed by atoms with van der Waals surface area (Å²) in [5.74, 6) is -0.658. The number of carbonyl (C=O) groups excluding carboxylic acids is 2. The van der Waals surface area contributed by atoms with Crippen LogP contribution >= 0.6 is 0 Å². The van der Waals surface area contributed by atoms with Crippen LogP contribution in [0.4, 0.5) is 5.69 Å². The van der Waals surface area contributed by atoms with Crippen molar-refractivity contribution in [2.75, 3.05) is 5.32 Å². The predicted octanol–water partition coefficient (Wildman–Crippen LogP) is 3.45. The van der Waals surface area contributed by atoms with Crippen molar-refractivity contribution in [3.63, 3.8) is 0 Å². The van der Waals surface area contributed by atoms with E-state index in [0.717, 1.165) is 5.56 Å². The van der Waals surface area contributed by atoms with Gasteiger partial charge in [-0.1, -0.05) is 48.5 Å². The van der Waals surface area contributed by atoms with Gasteiger partial charge in [0.25, 0.3) is 0 Å². The zero-order chi connectivity index (χ0) is 17.5. The van der Waals surface area contributed by atoms with Crippen LogP contribution in [-0.2, 0) is 22.7 Å². The molecule has 0 saturated heterocycles. The Balaban J connectivity index is 1.75. The number of rotatable bonds is 5. The largest absolute Gasteiger partial charge is 0.467 e. The first-order valence-corrected chi connectivity index (χ1v) is 7.94. The first kappa shape index (κ1) is 16.5. The van der Waals surface area contributed by atoms with Gasteiger partial charge in [0.1, 0.15) is 5.76 Å². The molecule has 0 saturated carbocycles. The van der Waals surface area contributed by atoms with Crippen molar-refractivity contribution in [3.8, 4) is 0 Å². The quantitative estimate of drug-likeness (QED) is 0.727. The molecule has 1 N–H and O–H groups in total. The highest BCUT2D eigenvalue weighted by Crippen LogP contribution is 2.12. The molecule has 0 aliphatic heterocycles. The lowest BCUT2D eigenvalue weighted by molar-refractivity contribution is -0.144. The predicted molar refractivity (Wildman–Crippen MR) is 94.5 cm³/mol. The van der Waals surface area contributed by atoms with E-state index in [0.29, 0.717) is 18.0 Å². The second-order valence-electron chi connectivity index (χ2n) is 5.55. The molecule has 5 heteroatoms. The van der Waals surface area contributed by atoms with Gasteiger partial charge in [0, 0.05) is 12.2 Å². The zero-order valence-corrected chi connectivity index (χ0v) is 13.6. The Morgan fingerprint density at radius 1 is 0.840 bits per heavy atom. The molecule has 0 spiro atoms. The van der Waals surface area contributed by atoms with Crippen LogP contribution in [0, 0.1) is 0 Å². The third kappa shape index (κ3) is 4.57. The molecule has 0 unspecified atom stereocenters. The average Bonchev–Trinajstić information content (AvgIpc) is 3.15. The SMILES string of the molecule is O=C(Nc1ccccc1)C(=O)N(Cc1ccccc1)Cc1ccco1. The van der Waals surface area contributed by atoms with Crippen molar-refractivity contribution >= 4 is 17.5 Å².